The molecule has 4 heteroatoms. The van der Waals surface area contributed by atoms with Gasteiger partial charge >= 0.3 is 0 Å². The van der Waals surface area contributed by atoms with Gasteiger partial charge in [-0.3, -0.25) is 0 Å². The van der Waals surface area contributed by atoms with Gasteiger partial charge in [-0.05, 0) is 34.1 Å². The average Bonchev–Trinajstić information content (AvgIpc) is 2.77. The molecule has 3 aromatic rings. The number of benzene rings is 2. The Hall–Kier alpha value is -1.32. The molecule has 2 aromatic carbocycles. The van der Waals surface area contributed by atoms with E-state index in [1.807, 2.05) is 53.3 Å². The maximum Gasteiger partial charge on any atom is 0.0850 e. The molecule has 0 unspecified atom stereocenters. The average molecular weight is 308 g/mol. The van der Waals surface area contributed by atoms with Crippen molar-refractivity contribution in [2.24, 2.45) is 0 Å². The third-order valence-electron chi connectivity index (χ3n) is 2.64. The summed E-state index contributed by atoms with van der Waals surface area (Å²) < 4.78 is 2.72. The van der Waals surface area contributed by atoms with E-state index < -0.39 is 0 Å². The molecule has 0 bridgehead atoms. The van der Waals surface area contributed by atoms with E-state index in [-0.39, 0.29) is 0 Å². The molecule has 0 N–H and O–H groups in total. The number of para-hydroxylation sites is 1. The van der Waals surface area contributed by atoms with Crippen molar-refractivity contribution in [3.8, 4) is 5.69 Å². The van der Waals surface area contributed by atoms with Crippen LogP contribution in [0, 0.1) is 0 Å². The minimum atomic E-state index is 0.668. The maximum atomic E-state index is 6.28. The molecule has 2 nitrogen and oxygen atoms in total. The van der Waals surface area contributed by atoms with Crippen molar-refractivity contribution in [1.29, 1.82) is 0 Å². The standard InChI is InChI=1S/C13H8BrClN2/c14-10-5-3-7-12(13(10)15)17-11-6-2-1-4-9(11)8-16-17/h1-8H. The van der Waals surface area contributed by atoms with E-state index in [0.717, 1.165) is 21.1 Å². The second kappa shape index (κ2) is 4.17. The molecule has 0 atom stereocenters. The molecule has 3 rings (SSSR count). The Labute approximate surface area is 112 Å². The molecule has 0 aliphatic heterocycles. The van der Waals surface area contributed by atoms with Gasteiger partial charge in [0.05, 0.1) is 22.4 Å². The number of hydrogen-bond donors (Lipinski definition) is 0. The summed E-state index contributed by atoms with van der Waals surface area (Å²) in [6, 6.07) is 13.9. The predicted molar refractivity (Wildman–Crippen MR) is 73.8 cm³/mol. The number of rotatable bonds is 1. The Morgan fingerprint density at radius 2 is 1.88 bits per heavy atom. The fraction of sp³-hybridized carbons (Fsp3) is 0. The van der Waals surface area contributed by atoms with E-state index in [4.69, 9.17) is 11.6 Å². The van der Waals surface area contributed by atoms with Crippen LogP contribution in [0.2, 0.25) is 5.02 Å². The first-order valence-electron chi connectivity index (χ1n) is 5.14. The normalized spacial score (nSPS) is 10.9. The Morgan fingerprint density at radius 1 is 1.06 bits per heavy atom. The van der Waals surface area contributed by atoms with E-state index in [9.17, 15) is 0 Å². The fourth-order valence-corrected chi connectivity index (χ4v) is 2.38. The lowest BCUT2D eigenvalue weighted by molar-refractivity contribution is 0.910. The summed E-state index contributed by atoms with van der Waals surface area (Å²) in [5, 5.41) is 6.15. The second-order valence-electron chi connectivity index (χ2n) is 3.69. The molecule has 84 valence electrons. The second-order valence-corrected chi connectivity index (χ2v) is 4.92. The minimum absolute atomic E-state index is 0.668. The van der Waals surface area contributed by atoms with Crippen molar-refractivity contribution in [2.75, 3.05) is 0 Å². The van der Waals surface area contributed by atoms with Crippen molar-refractivity contribution in [1.82, 2.24) is 9.78 Å². The highest BCUT2D eigenvalue weighted by Gasteiger charge is 2.09. The van der Waals surface area contributed by atoms with Crippen LogP contribution >= 0.6 is 27.5 Å². The van der Waals surface area contributed by atoms with E-state index >= 15 is 0 Å². The molecule has 1 aromatic heterocycles. The Morgan fingerprint density at radius 3 is 2.76 bits per heavy atom. The summed E-state index contributed by atoms with van der Waals surface area (Å²) in [6.07, 6.45) is 1.84. The van der Waals surface area contributed by atoms with Crippen molar-refractivity contribution in [2.45, 2.75) is 0 Å². The monoisotopic (exact) mass is 306 g/mol. The van der Waals surface area contributed by atoms with Gasteiger partial charge < -0.3 is 0 Å². The van der Waals surface area contributed by atoms with Gasteiger partial charge in [-0.1, -0.05) is 35.9 Å². The van der Waals surface area contributed by atoms with Crippen LogP contribution in [0.25, 0.3) is 16.6 Å². The van der Waals surface area contributed by atoms with Crippen LogP contribution in [0.5, 0.6) is 0 Å². The van der Waals surface area contributed by atoms with Gasteiger partial charge in [0.25, 0.3) is 0 Å². The van der Waals surface area contributed by atoms with Gasteiger partial charge in [0, 0.05) is 9.86 Å². The summed E-state index contributed by atoms with van der Waals surface area (Å²) in [7, 11) is 0. The van der Waals surface area contributed by atoms with Gasteiger partial charge in [0.2, 0.25) is 0 Å². The highest BCUT2D eigenvalue weighted by molar-refractivity contribution is 9.10. The third kappa shape index (κ3) is 1.75. The van der Waals surface area contributed by atoms with E-state index in [1.165, 1.54) is 0 Å². The van der Waals surface area contributed by atoms with E-state index in [0.29, 0.717) is 5.02 Å². The molecular formula is C13H8BrClN2. The molecule has 0 aliphatic carbocycles. The van der Waals surface area contributed by atoms with Gasteiger partial charge in [0.1, 0.15) is 0 Å². The summed E-state index contributed by atoms with van der Waals surface area (Å²) >= 11 is 9.70. The first-order valence-corrected chi connectivity index (χ1v) is 6.31. The first kappa shape index (κ1) is 10.8. The lowest BCUT2D eigenvalue weighted by atomic mass is 10.2. The van der Waals surface area contributed by atoms with Gasteiger partial charge in [-0.15, -0.1) is 0 Å². The SMILES string of the molecule is Clc1c(Br)cccc1-n1ncc2ccccc21. The molecule has 0 radical (unpaired) electrons. The van der Waals surface area contributed by atoms with Crippen LogP contribution in [-0.4, -0.2) is 9.78 Å². The molecule has 17 heavy (non-hydrogen) atoms. The van der Waals surface area contributed by atoms with E-state index in [2.05, 4.69) is 21.0 Å². The lowest BCUT2D eigenvalue weighted by Gasteiger charge is -2.07. The van der Waals surface area contributed by atoms with Crippen LogP contribution in [0.3, 0.4) is 0 Å². The van der Waals surface area contributed by atoms with Gasteiger partial charge in [0.15, 0.2) is 0 Å². The summed E-state index contributed by atoms with van der Waals surface area (Å²) in [5.74, 6) is 0. The largest absolute Gasteiger partial charge is 0.232 e. The highest BCUT2D eigenvalue weighted by Crippen LogP contribution is 2.30. The number of hydrogen-bond acceptors (Lipinski definition) is 1. The van der Waals surface area contributed by atoms with Gasteiger partial charge in [-0.2, -0.15) is 5.10 Å². The smallest absolute Gasteiger partial charge is 0.0850 e. The third-order valence-corrected chi connectivity index (χ3v) is 3.92. The fourth-order valence-electron chi connectivity index (χ4n) is 1.82. The number of fused-ring (bicyclic) bond motifs is 1. The van der Waals surface area contributed by atoms with Crippen molar-refractivity contribution in [3.05, 3.63) is 58.2 Å². The van der Waals surface area contributed by atoms with Crippen LogP contribution in [0.15, 0.2) is 53.1 Å². The predicted octanol–water partition coefficient (Wildman–Crippen LogP) is 4.44. The molecule has 0 fully saturated rings. The Balaban J connectivity index is 2.31. The minimum Gasteiger partial charge on any atom is -0.232 e. The van der Waals surface area contributed by atoms with Gasteiger partial charge in [-0.25, -0.2) is 4.68 Å². The first-order chi connectivity index (χ1) is 8.27. The molecular weight excluding hydrogens is 300 g/mol. The molecule has 0 amide bonds. The van der Waals surface area contributed by atoms with Crippen LogP contribution < -0.4 is 0 Å². The molecule has 0 saturated heterocycles. The number of nitrogens with zero attached hydrogens (tertiary/aromatic N) is 2. The molecule has 0 aliphatic rings. The molecule has 1 heterocycles. The Bertz CT molecular complexity index is 691. The zero-order chi connectivity index (χ0) is 11.8. The Kier molecular flexibility index (Phi) is 2.65. The quantitative estimate of drug-likeness (QED) is 0.650. The summed E-state index contributed by atoms with van der Waals surface area (Å²) in [5.41, 5.74) is 1.93. The lowest BCUT2D eigenvalue weighted by Crippen LogP contribution is -1.96. The van der Waals surface area contributed by atoms with Crippen molar-refractivity contribution < 1.29 is 0 Å². The zero-order valence-electron chi connectivity index (χ0n) is 8.77. The molecule has 0 spiro atoms. The maximum absolute atomic E-state index is 6.28. The summed E-state index contributed by atoms with van der Waals surface area (Å²) in [4.78, 5) is 0. The number of aromatic nitrogens is 2. The van der Waals surface area contributed by atoms with Crippen LogP contribution in [0.4, 0.5) is 0 Å². The van der Waals surface area contributed by atoms with Crippen LogP contribution in [0.1, 0.15) is 0 Å². The topological polar surface area (TPSA) is 17.8 Å². The number of halogens is 2. The van der Waals surface area contributed by atoms with Crippen molar-refractivity contribution in [3.63, 3.8) is 0 Å². The van der Waals surface area contributed by atoms with Crippen molar-refractivity contribution >= 4 is 38.4 Å². The highest BCUT2D eigenvalue weighted by atomic mass is 79.9. The van der Waals surface area contributed by atoms with E-state index in [1.54, 1.807) is 0 Å². The molecule has 0 saturated carbocycles. The zero-order valence-corrected chi connectivity index (χ0v) is 11.1. The van der Waals surface area contributed by atoms with Crippen LogP contribution in [-0.2, 0) is 0 Å². The summed E-state index contributed by atoms with van der Waals surface area (Å²) in [6.45, 7) is 0.